The zero-order valence-electron chi connectivity index (χ0n) is 12.3. The lowest BCUT2D eigenvalue weighted by atomic mass is 10.2. The summed E-state index contributed by atoms with van der Waals surface area (Å²) in [5.41, 5.74) is -0.215. The Morgan fingerprint density at radius 2 is 1.67 bits per heavy atom. The van der Waals surface area contributed by atoms with Gasteiger partial charge in [-0.3, -0.25) is 4.79 Å². The fourth-order valence-electron chi connectivity index (χ4n) is 1.92. The molecule has 3 nitrogen and oxygen atoms in total. The lowest BCUT2D eigenvalue weighted by Gasteiger charge is -2.12. The molecule has 0 radical (unpaired) electrons. The molecule has 0 aliphatic rings. The van der Waals surface area contributed by atoms with Crippen molar-refractivity contribution in [3.8, 4) is 0 Å². The maximum absolute atomic E-state index is 12.7. The second-order valence-electron chi connectivity index (χ2n) is 4.90. The molecule has 0 spiro atoms. The Morgan fingerprint density at radius 3 is 2.33 bits per heavy atom. The van der Waals surface area contributed by atoms with Gasteiger partial charge in [0, 0.05) is 13.0 Å². The number of para-hydroxylation sites is 1. The van der Waals surface area contributed by atoms with E-state index in [9.17, 15) is 18.0 Å². The molecule has 0 bridgehead atoms. The van der Waals surface area contributed by atoms with Crippen molar-refractivity contribution >= 4 is 40.5 Å². The van der Waals surface area contributed by atoms with E-state index < -0.39 is 11.7 Å². The van der Waals surface area contributed by atoms with Crippen molar-refractivity contribution < 1.29 is 18.0 Å². The number of carbonyl (C=O) groups excluding carboxylic acids is 1. The number of hydrogen-bond donors (Lipinski definition) is 2. The molecule has 2 rings (SSSR count). The zero-order chi connectivity index (χ0) is 17.7. The standard InChI is InChI=1S/C16H13Cl2F3N2O/c17-11-3-1-2-4-13(11)23-15(24)7-8-22-14-9-10(16(19,20)21)5-6-12(14)18/h1-6,9,22H,7-8H2,(H,23,24). The summed E-state index contributed by atoms with van der Waals surface area (Å²) >= 11 is 11.8. The summed E-state index contributed by atoms with van der Waals surface area (Å²) in [7, 11) is 0. The van der Waals surface area contributed by atoms with Gasteiger partial charge < -0.3 is 10.6 Å². The highest BCUT2D eigenvalue weighted by atomic mass is 35.5. The predicted molar refractivity (Wildman–Crippen MR) is 89.6 cm³/mol. The van der Waals surface area contributed by atoms with Crippen LogP contribution in [0.2, 0.25) is 10.0 Å². The number of alkyl halides is 3. The minimum Gasteiger partial charge on any atom is -0.383 e. The number of amides is 1. The minimum atomic E-state index is -4.46. The van der Waals surface area contributed by atoms with Crippen LogP contribution in [-0.2, 0) is 11.0 Å². The monoisotopic (exact) mass is 376 g/mol. The van der Waals surface area contributed by atoms with E-state index in [0.29, 0.717) is 10.7 Å². The molecule has 24 heavy (non-hydrogen) atoms. The molecule has 2 aromatic rings. The van der Waals surface area contributed by atoms with Crippen LogP contribution >= 0.6 is 23.2 Å². The highest BCUT2D eigenvalue weighted by Crippen LogP contribution is 2.33. The SMILES string of the molecule is O=C(CCNc1cc(C(F)(F)F)ccc1Cl)Nc1ccccc1Cl. The van der Waals surface area contributed by atoms with Crippen LogP contribution in [0.25, 0.3) is 0 Å². The number of anilines is 2. The quantitative estimate of drug-likeness (QED) is 0.727. The number of benzene rings is 2. The smallest absolute Gasteiger partial charge is 0.383 e. The maximum atomic E-state index is 12.7. The van der Waals surface area contributed by atoms with Crippen molar-refractivity contribution in [2.45, 2.75) is 12.6 Å². The molecule has 0 aromatic heterocycles. The molecule has 8 heteroatoms. The average Bonchev–Trinajstić information content (AvgIpc) is 2.50. The molecule has 0 unspecified atom stereocenters. The van der Waals surface area contributed by atoms with Gasteiger partial charge >= 0.3 is 6.18 Å². The van der Waals surface area contributed by atoms with E-state index in [1.807, 2.05) is 0 Å². The summed E-state index contributed by atoms with van der Waals surface area (Å²) in [5, 5.41) is 5.90. The number of halogens is 5. The third-order valence-electron chi connectivity index (χ3n) is 3.11. The van der Waals surface area contributed by atoms with Crippen molar-refractivity contribution in [1.29, 1.82) is 0 Å². The molecule has 0 atom stereocenters. The molecule has 2 N–H and O–H groups in total. The molecule has 0 aliphatic heterocycles. The van der Waals surface area contributed by atoms with Crippen molar-refractivity contribution in [3.63, 3.8) is 0 Å². The second kappa shape index (κ2) is 7.77. The Morgan fingerprint density at radius 1 is 1.00 bits per heavy atom. The molecular weight excluding hydrogens is 364 g/mol. The Bertz CT molecular complexity index is 736. The molecular formula is C16H13Cl2F3N2O. The number of hydrogen-bond acceptors (Lipinski definition) is 2. The Labute approximate surface area is 146 Å². The largest absolute Gasteiger partial charge is 0.416 e. The highest BCUT2D eigenvalue weighted by molar-refractivity contribution is 6.33. The summed E-state index contributed by atoms with van der Waals surface area (Å²) in [6.07, 6.45) is -4.42. The molecule has 0 aliphatic carbocycles. The topological polar surface area (TPSA) is 41.1 Å². The van der Waals surface area contributed by atoms with Gasteiger partial charge in [0.25, 0.3) is 0 Å². The average molecular weight is 377 g/mol. The van der Waals surface area contributed by atoms with Crippen LogP contribution in [0.1, 0.15) is 12.0 Å². The molecule has 0 fully saturated rings. The Kier molecular flexibility index (Phi) is 5.96. The van der Waals surface area contributed by atoms with E-state index in [2.05, 4.69) is 10.6 Å². The lowest BCUT2D eigenvalue weighted by molar-refractivity contribution is -0.137. The molecule has 0 heterocycles. The van der Waals surface area contributed by atoms with E-state index in [-0.39, 0.29) is 29.6 Å². The van der Waals surface area contributed by atoms with Crippen LogP contribution in [0, 0.1) is 0 Å². The first-order chi connectivity index (χ1) is 11.3. The van der Waals surface area contributed by atoms with Gasteiger partial charge in [-0.15, -0.1) is 0 Å². The van der Waals surface area contributed by atoms with Gasteiger partial charge in [0.15, 0.2) is 0 Å². The summed E-state index contributed by atoms with van der Waals surface area (Å²) in [5.74, 6) is -0.321. The summed E-state index contributed by atoms with van der Waals surface area (Å²) < 4.78 is 38.0. The molecule has 2 aromatic carbocycles. The Hall–Kier alpha value is -1.92. The van der Waals surface area contributed by atoms with Gasteiger partial charge in [0.2, 0.25) is 5.91 Å². The van der Waals surface area contributed by atoms with Crippen molar-refractivity contribution in [2.75, 3.05) is 17.2 Å². The highest BCUT2D eigenvalue weighted by Gasteiger charge is 2.30. The van der Waals surface area contributed by atoms with Gasteiger partial charge in [-0.2, -0.15) is 13.2 Å². The van der Waals surface area contributed by atoms with Gasteiger partial charge in [0.1, 0.15) is 0 Å². The van der Waals surface area contributed by atoms with Crippen molar-refractivity contribution in [3.05, 3.63) is 58.1 Å². The van der Waals surface area contributed by atoms with Crippen molar-refractivity contribution in [1.82, 2.24) is 0 Å². The van der Waals surface area contributed by atoms with Crippen LogP contribution in [0.3, 0.4) is 0 Å². The first-order valence-corrected chi connectivity index (χ1v) is 7.68. The van der Waals surface area contributed by atoms with E-state index in [1.165, 1.54) is 0 Å². The van der Waals surface area contributed by atoms with E-state index >= 15 is 0 Å². The predicted octanol–water partition coefficient (Wildman–Crippen LogP) is 5.45. The molecule has 0 saturated carbocycles. The molecule has 0 saturated heterocycles. The first-order valence-electron chi connectivity index (χ1n) is 6.92. The fourth-order valence-corrected chi connectivity index (χ4v) is 2.29. The Balaban J connectivity index is 1.92. The first kappa shape index (κ1) is 18.4. The lowest BCUT2D eigenvalue weighted by Crippen LogP contribution is -2.16. The van der Waals surface area contributed by atoms with Crippen LogP contribution in [0.4, 0.5) is 24.5 Å². The van der Waals surface area contributed by atoms with E-state index in [4.69, 9.17) is 23.2 Å². The van der Waals surface area contributed by atoms with Gasteiger partial charge in [-0.1, -0.05) is 35.3 Å². The van der Waals surface area contributed by atoms with E-state index in [0.717, 1.165) is 18.2 Å². The van der Waals surface area contributed by atoms with Gasteiger partial charge in [-0.05, 0) is 30.3 Å². The summed E-state index contributed by atoms with van der Waals surface area (Å²) in [6.45, 7) is 0.122. The molecule has 128 valence electrons. The second-order valence-corrected chi connectivity index (χ2v) is 5.71. The molecule has 1 amide bonds. The maximum Gasteiger partial charge on any atom is 0.416 e. The van der Waals surface area contributed by atoms with Crippen molar-refractivity contribution in [2.24, 2.45) is 0 Å². The minimum absolute atomic E-state index is 0.0395. The number of carbonyl (C=O) groups is 1. The zero-order valence-corrected chi connectivity index (χ0v) is 13.8. The van der Waals surface area contributed by atoms with Crippen LogP contribution in [0.15, 0.2) is 42.5 Å². The number of rotatable bonds is 5. The normalized spacial score (nSPS) is 11.2. The number of nitrogens with one attached hydrogen (secondary N) is 2. The fraction of sp³-hybridized carbons (Fsp3) is 0.188. The third kappa shape index (κ3) is 5.04. The summed E-state index contributed by atoms with van der Waals surface area (Å²) in [4.78, 5) is 11.8. The van der Waals surface area contributed by atoms with Gasteiger partial charge in [0.05, 0.1) is 27.0 Å². The van der Waals surface area contributed by atoms with E-state index in [1.54, 1.807) is 24.3 Å². The third-order valence-corrected chi connectivity index (χ3v) is 3.77. The summed E-state index contributed by atoms with van der Waals surface area (Å²) in [6, 6.07) is 9.72. The van der Waals surface area contributed by atoms with Gasteiger partial charge in [-0.25, -0.2) is 0 Å². The van der Waals surface area contributed by atoms with Crippen LogP contribution < -0.4 is 10.6 Å². The van der Waals surface area contributed by atoms with Crippen LogP contribution in [-0.4, -0.2) is 12.5 Å². The van der Waals surface area contributed by atoms with Crippen LogP contribution in [0.5, 0.6) is 0 Å².